The van der Waals surface area contributed by atoms with Gasteiger partial charge in [-0.15, -0.1) is 0 Å². The summed E-state index contributed by atoms with van der Waals surface area (Å²) < 4.78 is 0. The molecule has 4 radical (unpaired) electrons. The standard InChI is InChI=1S/4CH3O.Ge/c4*1-2;/h4*1H3;/q4*-1;. The van der Waals surface area contributed by atoms with Gasteiger partial charge in [-0.2, -0.15) is 28.4 Å². The molecule has 0 atom stereocenters. The molecule has 0 aliphatic carbocycles. The first-order valence-electron chi connectivity index (χ1n) is 1.63. The van der Waals surface area contributed by atoms with Crippen molar-refractivity contribution < 1.29 is 20.4 Å². The average molecular weight is 197 g/mol. The summed E-state index contributed by atoms with van der Waals surface area (Å²) in [4.78, 5) is 0. The van der Waals surface area contributed by atoms with E-state index in [2.05, 4.69) is 0 Å². The van der Waals surface area contributed by atoms with Gasteiger partial charge in [0.15, 0.2) is 0 Å². The van der Waals surface area contributed by atoms with Gasteiger partial charge in [0.05, 0.1) is 0 Å². The molecule has 9 heavy (non-hydrogen) atoms. The molecule has 4 nitrogen and oxygen atoms in total. The normalized spacial score (nSPS) is 2.67. The predicted octanol–water partition coefficient (Wildman–Crippen LogP) is -4.47. The molecule has 0 aliphatic rings. The van der Waals surface area contributed by atoms with Crippen LogP contribution in [-0.2, 0) is 0 Å². The molecule has 60 valence electrons. The summed E-state index contributed by atoms with van der Waals surface area (Å²) in [6.45, 7) is 0. The minimum absolute atomic E-state index is 0. The Morgan fingerprint density at radius 3 is 0.444 bits per heavy atom. The van der Waals surface area contributed by atoms with Crippen LogP contribution in [0.4, 0.5) is 0 Å². The first kappa shape index (κ1) is 34.3. The van der Waals surface area contributed by atoms with Crippen molar-refractivity contribution in [3.8, 4) is 0 Å². The molecule has 0 unspecified atom stereocenters. The van der Waals surface area contributed by atoms with Crippen molar-refractivity contribution in [3.63, 3.8) is 0 Å². The van der Waals surface area contributed by atoms with Crippen LogP contribution >= 0.6 is 0 Å². The van der Waals surface area contributed by atoms with Crippen LogP contribution in [0.25, 0.3) is 0 Å². The summed E-state index contributed by atoms with van der Waals surface area (Å²) in [6.07, 6.45) is 0. The van der Waals surface area contributed by atoms with Gasteiger partial charge in [0.1, 0.15) is 0 Å². The minimum atomic E-state index is 0. The quantitative estimate of drug-likeness (QED) is 0.366. The zero-order chi connectivity index (χ0) is 8.00. The Labute approximate surface area is 67.1 Å². The number of rotatable bonds is 0. The SMILES string of the molecule is C[O-].C[O-].C[O-].C[O-].[Ge]. The van der Waals surface area contributed by atoms with Gasteiger partial charge in [-0.25, -0.2) is 0 Å². The van der Waals surface area contributed by atoms with Crippen molar-refractivity contribution in [2.45, 2.75) is 0 Å². The van der Waals surface area contributed by atoms with Gasteiger partial charge in [-0.3, -0.25) is 0 Å². The summed E-state index contributed by atoms with van der Waals surface area (Å²) in [7, 11) is 3.00. The Kier molecular flexibility index (Phi) is 11900. The fourth-order valence-corrected chi connectivity index (χ4v) is 0. The summed E-state index contributed by atoms with van der Waals surface area (Å²) in [5.41, 5.74) is 0. The maximum absolute atomic E-state index is 8.25. The third-order valence-electron chi connectivity index (χ3n) is 0. The molecule has 5 heteroatoms. The van der Waals surface area contributed by atoms with Gasteiger partial charge in [0, 0.05) is 17.6 Å². The van der Waals surface area contributed by atoms with Crippen molar-refractivity contribution in [3.05, 3.63) is 0 Å². The molecule has 0 saturated carbocycles. The summed E-state index contributed by atoms with van der Waals surface area (Å²) >= 11 is 0. The molecule has 0 fully saturated rings. The van der Waals surface area contributed by atoms with Gasteiger partial charge in [-0.05, 0) is 0 Å². The second kappa shape index (κ2) is 3120. The molecule has 0 amide bonds. The molecule has 0 rings (SSSR count). The van der Waals surface area contributed by atoms with E-state index in [1.54, 1.807) is 0 Å². The molecule has 0 aromatic carbocycles. The van der Waals surface area contributed by atoms with E-state index in [9.17, 15) is 0 Å². The summed E-state index contributed by atoms with van der Waals surface area (Å²) in [5.74, 6) is 0. The van der Waals surface area contributed by atoms with E-state index in [0.29, 0.717) is 0 Å². The zero-order valence-electron chi connectivity index (χ0n) is 6.13. The molecule has 0 aromatic heterocycles. The van der Waals surface area contributed by atoms with E-state index in [-0.39, 0.29) is 17.6 Å². The van der Waals surface area contributed by atoms with Crippen LogP contribution in [-0.4, -0.2) is 46.0 Å². The maximum Gasteiger partial charge on any atom is 0 e. The molecule has 0 aromatic rings. The Bertz CT molecular complexity index is 12.5. The molecular weight excluding hydrogens is 185 g/mol. The molecule has 0 saturated heterocycles. The van der Waals surface area contributed by atoms with Crippen molar-refractivity contribution in [1.82, 2.24) is 0 Å². The van der Waals surface area contributed by atoms with Crippen LogP contribution in [0.1, 0.15) is 0 Å². The molecule has 0 spiro atoms. The van der Waals surface area contributed by atoms with E-state index >= 15 is 0 Å². The van der Waals surface area contributed by atoms with Gasteiger partial charge in [-0.1, -0.05) is 0 Å². The smallest absolute Gasteiger partial charge is 0 e. The summed E-state index contributed by atoms with van der Waals surface area (Å²) in [6, 6.07) is 0. The monoisotopic (exact) mass is 198 g/mol. The molecule has 0 aliphatic heterocycles. The van der Waals surface area contributed by atoms with E-state index in [1.807, 2.05) is 0 Å². The van der Waals surface area contributed by atoms with E-state index in [4.69, 9.17) is 20.4 Å². The first-order valence-corrected chi connectivity index (χ1v) is 1.63. The third kappa shape index (κ3) is 2330. The van der Waals surface area contributed by atoms with Gasteiger partial charge < -0.3 is 20.4 Å². The Balaban J connectivity index is -0.00000000762. The largest absolute Gasteiger partial charge is 0.857 e. The van der Waals surface area contributed by atoms with Gasteiger partial charge in [0.2, 0.25) is 0 Å². The van der Waals surface area contributed by atoms with Crippen molar-refractivity contribution >= 4 is 17.6 Å². The van der Waals surface area contributed by atoms with Crippen LogP contribution in [0.15, 0.2) is 0 Å². The molecule has 0 heterocycles. The first-order chi connectivity index (χ1) is 4.00. The Hall–Kier alpha value is 0.383. The van der Waals surface area contributed by atoms with Crippen molar-refractivity contribution in [2.75, 3.05) is 28.4 Å². The van der Waals surface area contributed by atoms with Crippen LogP contribution in [0.2, 0.25) is 0 Å². The molecule has 0 N–H and O–H groups in total. The Morgan fingerprint density at radius 1 is 0.444 bits per heavy atom. The third-order valence-corrected chi connectivity index (χ3v) is 0. The van der Waals surface area contributed by atoms with Crippen molar-refractivity contribution in [1.29, 1.82) is 0 Å². The van der Waals surface area contributed by atoms with Gasteiger partial charge >= 0.3 is 0 Å². The van der Waals surface area contributed by atoms with Crippen LogP contribution in [0, 0.1) is 0 Å². The summed E-state index contributed by atoms with van der Waals surface area (Å²) in [5, 5.41) is 33.0. The van der Waals surface area contributed by atoms with Crippen molar-refractivity contribution in [2.24, 2.45) is 0 Å². The minimum Gasteiger partial charge on any atom is -0.857 e. The predicted molar refractivity (Wildman–Crippen MR) is 29.4 cm³/mol. The maximum atomic E-state index is 8.25. The van der Waals surface area contributed by atoms with E-state index in [1.165, 1.54) is 0 Å². The second-order valence-electron chi connectivity index (χ2n) is 0. The number of hydrogen-bond donors (Lipinski definition) is 0. The molecule has 0 bridgehead atoms. The van der Waals surface area contributed by atoms with Gasteiger partial charge in [0.25, 0.3) is 0 Å². The topological polar surface area (TPSA) is 92.2 Å². The van der Waals surface area contributed by atoms with Crippen LogP contribution < -0.4 is 20.4 Å². The average Bonchev–Trinajstić information content (AvgIpc) is 2.03. The zero-order valence-corrected chi connectivity index (χ0v) is 8.23. The van der Waals surface area contributed by atoms with Crippen LogP contribution in [0.5, 0.6) is 0 Å². The number of hydrogen-bond acceptors (Lipinski definition) is 4. The van der Waals surface area contributed by atoms with Crippen LogP contribution in [0.3, 0.4) is 0 Å². The second-order valence-corrected chi connectivity index (χ2v) is 0. The Morgan fingerprint density at radius 2 is 0.444 bits per heavy atom. The fourth-order valence-electron chi connectivity index (χ4n) is 0. The molecular formula is C4H12GeO4-4. The van der Waals surface area contributed by atoms with E-state index in [0.717, 1.165) is 28.4 Å². The van der Waals surface area contributed by atoms with E-state index < -0.39 is 0 Å². The fraction of sp³-hybridized carbons (Fsp3) is 1.00.